The molecular formula is C16H12Cl2FN5O2. The predicted octanol–water partition coefficient (Wildman–Crippen LogP) is 3.40. The summed E-state index contributed by atoms with van der Waals surface area (Å²) in [6.07, 6.45) is 1.60. The summed E-state index contributed by atoms with van der Waals surface area (Å²) in [6, 6.07) is 5.53. The van der Waals surface area contributed by atoms with Gasteiger partial charge in [-0.3, -0.25) is 25.5 Å². The van der Waals surface area contributed by atoms with Crippen molar-refractivity contribution in [3.63, 3.8) is 0 Å². The van der Waals surface area contributed by atoms with Crippen LogP contribution in [0.4, 0.5) is 15.8 Å². The Bertz CT molecular complexity index is 998. The fourth-order valence-corrected chi connectivity index (χ4v) is 2.81. The smallest absolute Gasteiger partial charge is 0.317 e. The number of hydrogen-bond acceptors (Lipinski definition) is 4. The van der Waals surface area contributed by atoms with E-state index in [1.165, 1.54) is 0 Å². The van der Waals surface area contributed by atoms with E-state index in [1.807, 2.05) is 0 Å². The zero-order chi connectivity index (χ0) is 18.8. The van der Waals surface area contributed by atoms with Gasteiger partial charge in [0.2, 0.25) is 0 Å². The number of halogens is 3. The second-order valence-electron chi connectivity index (χ2n) is 5.40. The molecule has 2 amide bonds. The molecule has 1 heterocycles. The number of anilines is 2. The van der Waals surface area contributed by atoms with Gasteiger partial charge in [0.05, 0.1) is 27.4 Å². The lowest BCUT2D eigenvalue weighted by molar-refractivity contribution is -0.135. The quantitative estimate of drug-likeness (QED) is 0.403. The van der Waals surface area contributed by atoms with Crippen LogP contribution in [0, 0.1) is 12.7 Å². The van der Waals surface area contributed by atoms with Crippen molar-refractivity contribution >= 4 is 57.3 Å². The van der Waals surface area contributed by atoms with Crippen molar-refractivity contribution in [2.45, 2.75) is 6.92 Å². The van der Waals surface area contributed by atoms with Gasteiger partial charge in [0.25, 0.3) is 0 Å². The maximum atomic E-state index is 13.1. The first-order valence-electron chi connectivity index (χ1n) is 7.31. The van der Waals surface area contributed by atoms with Gasteiger partial charge in [0.15, 0.2) is 0 Å². The highest BCUT2D eigenvalue weighted by Gasteiger charge is 2.17. The van der Waals surface area contributed by atoms with Crippen LogP contribution in [0.5, 0.6) is 0 Å². The molecule has 3 aromatic rings. The Kier molecular flexibility index (Phi) is 4.97. The van der Waals surface area contributed by atoms with E-state index >= 15 is 0 Å². The summed E-state index contributed by atoms with van der Waals surface area (Å²) in [5.74, 6) is -2.51. The predicted molar refractivity (Wildman–Crippen MR) is 97.6 cm³/mol. The minimum atomic E-state index is -0.979. The Morgan fingerprint density at radius 1 is 1.12 bits per heavy atom. The maximum Gasteiger partial charge on any atom is 0.327 e. The highest BCUT2D eigenvalue weighted by Crippen LogP contribution is 2.30. The monoisotopic (exact) mass is 395 g/mol. The molecule has 134 valence electrons. The number of H-pyrrole nitrogens is 1. The van der Waals surface area contributed by atoms with Gasteiger partial charge in [-0.15, -0.1) is 0 Å². The standard InChI is InChI=1S/C16H12Cl2FN5O2/c1-7-2-13-8(6-20-22-13)3-12(7)21-15(25)16(26)24-23-14-10(17)4-9(19)5-11(14)18/h2-6,23H,1H3,(H,20,22)(H,21,25)(H,24,26). The van der Waals surface area contributed by atoms with E-state index in [9.17, 15) is 14.0 Å². The molecule has 0 aliphatic carbocycles. The third-order valence-electron chi connectivity index (χ3n) is 3.55. The molecule has 0 aliphatic rings. The number of aryl methyl sites for hydroxylation is 1. The molecule has 0 spiro atoms. The fraction of sp³-hybridized carbons (Fsp3) is 0.0625. The van der Waals surface area contributed by atoms with Crippen LogP contribution in [-0.4, -0.2) is 22.0 Å². The summed E-state index contributed by atoms with van der Waals surface area (Å²) in [5.41, 5.74) is 6.68. The number of aromatic amines is 1. The van der Waals surface area contributed by atoms with E-state index in [1.54, 1.807) is 25.3 Å². The second-order valence-corrected chi connectivity index (χ2v) is 6.22. The number of benzene rings is 2. The van der Waals surface area contributed by atoms with Crippen LogP contribution in [-0.2, 0) is 9.59 Å². The third-order valence-corrected chi connectivity index (χ3v) is 4.14. The van der Waals surface area contributed by atoms with Crippen LogP contribution < -0.4 is 16.2 Å². The largest absolute Gasteiger partial charge is 0.327 e. The second kappa shape index (κ2) is 7.19. The maximum absolute atomic E-state index is 13.1. The van der Waals surface area contributed by atoms with Crippen LogP contribution in [0.25, 0.3) is 10.9 Å². The molecular weight excluding hydrogens is 384 g/mol. The summed E-state index contributed by atoms with van der Waals surface area (Å²) in [6.45, 7) is 1.78. The van der Waals surface area contributed by atoms with Crippen molar-refractivity contribution in [3.05, 3.63) is 51.9 Å². The van der Waals surface area contributed by atoms with Gasteiger partial charge in [0, 0.05) is 11.1 Å². The van der Waals surface area contributed by atoms with E-state index < -0.39 is 17.6 Å². The third kappa shape index (κ3) is 3.71. The Morgan fingerprint density at radius 3 is 2.50 bits per heavy atom. The van der Waals surface area contributed by atoms with Crippen LogP contribution in [0.15, 0.2) is 30.5 Å². The van der Waals surface area contributed by atoms with Gasteiger partial charge < -0.3 is 5.32 Å². The van der Waals surface area contributed by atoms with E-state index in [2.05, 4.69) is 26.4 Å². The molecule has 0 radical (unpaired) electrons. The summed E-state index contributed by atoms with van der Waals surface area (Å²) < 4.78 is 13.1. The molecule has 0 aliphatic heterocycles. The SMILES string of the molecule is Cc1cc2[nH]ncc2cc1NC(=O)C(=O)NNc1c(Cl)cc(F)cc1Cl. The number of hydrazine groups is 1. The molecule has 7 nitrogen and oxygen atoms in total. The molecule has 2 aromatic carbocycles. The van der Waals surface area contributed by atoms with Crippen LogP contribution in [0.3, 0.4) is 0 Å². The number of carbonyl (C=O) groups excluding carboxylic acids is 2. The fourth-order valence-electron chi connectivity index (χ4n) is 2.25. The number of carbonyl (C=O) groups is 2. The summed E-state index contributed by atoms with van der Waals surface area (Å²) >= 11 is 11.7. The molecule has 0 unspecified atom stereocenters. The average molecular weight is 396 g/mol. The molecule has 10 heteroatoms. The first-order valence-corrected chi connectivity index (χ1v) is 8.06. The van der Waals surface area contributed by atoms with Gasteiger partial charge in [-0.25, -0.2) is 4.39 Å². The van der Waals surface area contributed by atoms with Crippen molar-refractivity contribution in [1.82, 2.24) is 15.6 Å². The first kappa shape index (κ1) is 18.0. The van der Waals surface area contributed by atoms with Crippen molar-refractivity contribution in [2.75, 3.05) is 10.7 Å². The van der Waals surface area contributed by atoms with Crippen molar-refractivity contribution < 1.29 is 14.0 Å². The van der Waals surface area contributed by atoms with E-state index in [-0.39, 0.29) is 15.7 Å². The number of rotatable bonds is 3. The van der Waals surface area contributed by atoms with Crippen molar-refractivity contribution in [2.24, 2.45) is 0 Å². The topological polar surface area (TPSA) is 98.9 Å². The van der Waals surface area contributed by atoms with Crippen LogP contribution >= 0.6 is 23.2 Å². The Labute approximate surface area is 156 Å². The molecule has 1 aromatic heterocycles. The van der Waals surface area contributed by atoms with Crippen LogP contribution in [0.2, 0.25) is 10.0 Å². The van der Waals surface area contributed by atoms with Gasteiger partial charge in [-0.2, -0.15) is 5.10 Å². The zero-order valence-electron chi connectivity index (χ0n) is 13.3. The van der Waals surface area contributed by atoms with Gasteiger partial charge in [0.1, 0.15) is 5.82 Å². The van der Waals surface area contributed by atoms with Gasteiger partial charge in [-0.05, 0) is 36.8 Å². The normalized spacial score (nSPS) is 10.6. The number of nitrogens with one attached hydrogen (secondary N) is 4. The molecule has 0 atom stereocenters. The first-order chi connectivity index (χ1) is 12.3. The minimum absolute atomic E-state index is 0.0445. The Morgan fingerprint density at radius 2 is 1.81 bits per heavy atom. The van der Waals surface area contributed by atoms with Crippen LogP contribution in [0.1, 0.15) is 5.56 Å². The highest BCUT2D eigenvalue weighted by molar-refractivity contribution is 6.41. The van der Waals surface area contributed by atoms with Gasteiger partial charge >= 0.3 is 11.8 Å². The number of hydrogen-bond donors (Lipinski definition) is 4. The molecule has 0 saturated heterocycles. The zero-order valence-corrected chi connectivity index (χ0v) is 14.8. The van der Waals surface area contributed by atoms with E-state index in [4.69, 9.17) is 23.2 Å². The molecule has 0 saturated carbocycles. The lowest BCUT2D eigenvalue weighted by atomic mass is 10.1. The lowest BCUT2D eigenvalue weighted by Crippen LogP contribution is -2.39. The minimum Gasteiger partial charge on any atom is -0.317 e. The van der Waals surface area contributed by atoms with E-state index in [0.717, 1.165) is 28.6 Å². The molecule has 26 heavy (non-hydrogen) atoms. The van der Waals surface area contributed by atoms with E-state index in [0.29, 0.717) is 5.69 Å². The summed E-state index contributed by atoms with van der Waals surface area (Å²) in [5, 5.41) is 9.92. The van der Waals surface area contributed by atoms with Crippen molar-refractivity contribution in [3.8, 4) is 0 Å². The average Bonchev–Trinajstić information content (AvgIpc) is 3.00. The molecule has 0 fully saturated rings. The molecule has 4 N–H and O–H groups in total. The van der Waals surface area contributed by atoms with Crippen molar-refractivity contribution in [1.29, 1.82) is 0 Å². The van der Waals surface area contributed by atoms with Gasteiger partial charge in [-0.1, -0.05) is 23.2 Å². The number of aromatic nitrogens is 2. The Balaban J connectivity index is 1.68. The summed E-state index contributed by atoms with van der Waals surface area (Å²) in [7, 11) is 0. The lowest BCUT2D eigenvalue weighted by Gasteiger charge is -2.12. The molecule has 0 bridgehead atoms. The summed E-state index contributed by atoms with van der Waals surface area (Å²) in [4.78, 5) is 24.0. The molecule has 3 rings (SSSR count). The highest BCUT2D eigenvalue weighted by atomic mass is 35.5. The number of amides is 2. The number of fused-ring (bicyclic) bond motifs is 1. The Hall–Kier alpha value is -2.84. The number of nitrogens with zero attached hydrogens (tertiary/aromatic N) is 1.